The SMILES string of the molecule is CC(=O)C(Br)c1ccc(F)cc1I. The number of Topliss-reactive ketones (excluding diaryl/α,β-unsaturated/α-hetero) is 1. The van der Waals surface area contributed by atoms with Gasteiger partial charge in [-0.1, -0.05) is 22.0 Å². The van der Waals surface area contributed by atoms with E-state index in [1.165, 1.54) is 19.1 Å². The molecule has 1 rings (SSSR count). The van der Waals surface area contributed by atoms with E-state index in [0.29, 0.717) is 0 Å². The molecule has 1 aromatic carbocycles. The summed E-state index contributed by atoms with van der Waals surface area (Å²) in [6.45, 7) is 1.50. The average molecular weight is 357 g/mol. The van der Waals surface area contributed by atoms with Crippen LogP contribution in [-0.2, 0) is 4.79 Å². The molecule has 1 atom stereocenters. The Bertz CT molecular complexity index is 340. The highest BCUT2D eigenvalue weighted by Crippen LogP contribution is 2.28. The monoisotopic (exact) mass is 356 g/mol. The van der Waals surface area contributed by atoms with Gasteiger partial charge in [0.2, 0.25) is 0 Å². The number of hydrogen-bond acceptors (Lipinski definition) is 1. The van der Waals surface area contributed by atoms with Gasteiger partial charge in [0.1, 0.15) is 11.6 Å². The normalized spacial score (nSPS) is 12.6. The van der Waals surface area contributed by atoms with Crippen molar-refractivity contribution in [3.8, 4) is 0 Å². The van der Waals surface area contributed by atoms with Crippen molar-refractivity contribution in [1.82, 2.24) is 0 Å². The molecule has 0 saturated carbocycles. The first-order valence-electron chi connectivity index (χ1n) is 3.62. The zero-order valence-electron chi connectivity index (χ0n) is 6.85. The van der Waals surface area contributed by atoms with Crippen LogP contribution >= 0.6 is 38.5 Å². The molecule has 4 heteroatoms. The summed E-state index contributed by atoms with van der Waals surface area (Å²) in [7, 11) is 0. The number of halogens is 3. The third-order valence-corrected chi connectivity index (χ3v) is 3.66. The predicted octanol–water partition coefficient (Wildman–Crippen LogP) is 3.46. The van der Waals surface area contributed by atoms with E-state index >= 15 is 0 Å². The van der Waals surface area contributed by atoms with E-state index in [0.717, 1.165) is 9.13 Å². The maximum atomic E-state index is 12.7. The van der Waals surface area contributed by atoms with E-state index in [-0.39, 0.29) is 16.4 Å². The van der Waals surface area contributed by atoms with Gasteiger partial charge in [-0.2, -0.15) is 0 Å². The Balaban J connectivity index is 3.08. The number of ketones is 1. The summed E-state index contributed by atoms with van der Waals surface area (Å²) < 4.78 is 13.5. The van der Waals surface area contributed by atoms with Crippen molar-refractivity contribution in [3.63, 3.8) is 0 Å². The topological polar surface area (TPSA) is 17.1 Å². The number of carbonyl (C=O) groups is 1. The van der Waals surface area contributed by atoms with Crippen LogP contribution in [0.4, 0.5) is 4.39 Å². The Morgan fingerprint density at radius 1 is 1.62 bits per heavy atom. The summed E-state index contributed by atoms with van der Waals surface area (Å²) in [6, 6.07) is 4.39. The lowest BCUT2D eigenvalue weighted by atomic mass is 10.1. The van der Waals surface area contributed by atoms with Crippen molar-refractivity contribution in [2.75, 3.05) is 0 Å². The summed E-state index contributed by atoms with van der Waals surface area (Å²) in [5, 5.41) is 0. The fourth-order valence-electron chi connectivity index (χ4n) is 0.926. The maximum Gasteiger partial charge on any atom is 0.147 e. The molecular formula is C9H7BrFIO. The zero-order chi connectivity index (χ0) is 10.0. The molecular weight excluding hydrogens is 350 g/mol. The van der Waals surface area contributed by atoms with Crippen molar-refractivity contribution in [3.05, 3.63) is 33.1 Å². The first kappa shape index (κ1) is 11.1. The minimum Gasteiger partial charge on any atom is -0.298 e. The summed E-state index contributed by atoms with van der Waals surface area (Å²) in [5.41, 5.74) is 0.814. The van der Waals surface area contributed by atoms with Crippen molar-refractivity contribution in [2.45, 2.75) is 11.8 Å². The molecule has 0 aliphatic rings. The second-order valence-electron chi connectivity index (χ2n) is 2.64. The van der Waals surface area contributed by atoms with Crippen molar-refractivity contribution in [1.29, 1.82) is 0 Å². The van der Waals surface area contributed by atoms with E-state index in [9.17, 15) is 9.18 Å². The lowest BCUT2D eigenvalue weighted by molar-refractivity contribution is -0.116. The summed E-state index contributed by atoms with van der Waals surface area (Å²) in [6.07, 6.45) is 0. The van der Waals surface area contributed by atoms with Crippen LogP contribution in [0.25, 0.3) is 0 Å². The summed E-state index contributed by atoms with van der Waals surface area (Å²) >= 11 is 5.26. The molecule has 0 fully saturated rings. The van der Waals surface area contributed by atoms with Crippen LogP contribution in [0.5, 0.6) is 0 Å². The standard InChI is InChI=1S/C9H7BrFIO/c1-5(13)9(10)7-3-2-6(11)4-8(7)12/h2-4,9H,1H3. The van der Waals surface area contributed by atoms with Crippen LogP contribution in [0, 0.1) is 9.39 Å². The molecule has 0 N–H and O–H groups in total. The van der Waals surface area contributed by atoms with Crippen LogP contribution in [0.2, 0.25) is 0 Å². The van der Waals surface area contributed by atoms with Gasteiger partial charge in [-0.15, -0.1) is 0 Å². The zero-order valence-corrected chi connectivity index (χ0v) is 10.6. The average Bonchev–Trinajstić information content (AvgIpc) is 2.03. The quantitative estimate of drug-likeness (QED) is 0.586. The highest BCUT2D eigenvalue weighted by Gasteiger charge is 2.15. The van der Waals surface area contributed by atoms with E-state index in [4.69, 9.17) is 0 Å². The predicted molar refractivity (Wildman–Crippen MR) is 61.5 cm³/mol. The third-order valence-electron chi connectivity index (χ3n) is 1.59. The lowest BCUT2D eigenvalue weighted by Gasteiger charge is -2.08. The highest BCUT2D eigenvalue weighted by atomic mass is 127. The molecule has 0 radical (unpaired) electrons. The Morgan fingerprint density at radius 2 is 2.23 bits per heavy atom. The van der Waals surface area contributed by atoms with Gasteiger partial charge >= 0.3 is 0 Å². The molecule has 0 aliphatic carbocycles. The summed E-state index contributed by atoms with van der Waals surface area (Å²) in [5.74, 6) is -0.263. The van der Waals surface area contributed by atoms with Crippen molar-refractivity contribution in [2.24, 2.45) is 0 Å². The summed E-state index contributed by atoms with van der Waals surface area (Å²) in [4.78, 5) is 10.7. The Hall–Kier alpha value is 0.0300. The lowest BCUT2D eigenvalue weighted by Crippen LogP contribution is -2.03. The van der Waals surface area contributed by atoms with Crippen LogP contribution < -0.4 is 0 Å². The molecule has 0 spiro atoms. The smallest absolute Gasteiger partial charge is 0.147 e. The Morgan fingerprint density at radius 3 is 2.69 bits per heavy atom. The first-order valence-corrected chi connectivity index (χ1v) is 5.61. The van der Waals surface area contributed by atoms with Gasteiger partial charge in [0.05, 0.1) is 4.83 Å². The Labute approximate surface area is 98.0 Å². The van der Waals surface area contributed by atoms with E-state index in [1.807, 2.05) is 22.6 Å². The highest BCUT2D eigenvalue weighted by molar-refractivity contribution is 14.1. The van der Waals surface area contributed by atoms with Gasteiger partial charge in [-0.25, -0.2) is 4.39 Å². The van der Waals surface area contributed by atoms with Gasteiger partial charge in [0, 0.05) is 3.57 Å². The maximum absolute atomic E-state index is 12.7. The van der Waals surface area contributed by atoms with Crippen LogP contribution in [0.15, 0.2) is 18.2 Å². The number of rotatable bonds is 2. The van der Waals surface area contributed by atoms with Crippen LogP contribution in [-0.4, -0.2) is 5.78 Å². The molecule has 1 nitrogen and oxygen atoms in total. The largest absolute Gasteiger partial charge is 0.298 e. The third kappa shape index (κ3) is 2.74. The van der Waals surface area contributed by atoms with Gasteiger partial charge in [-0.3, -0.25) is 4.79 Å². The van der Waals surface area contributed by atoms with E-state index < -0.39 is 0 Å². The van der Waals surface area contributed by atoms with Gasteiger partial charge in [-0.05, 0) is 47.2 Å². The second kappa shape index (κ2) is 4.50. The molecule has 13 heavy (non-hydrogen) atoms. The van der Waals surface area contributed by atoms with Gasteiger partial charge in [0.25, 0.3) is 0 Å². The number of carbonyl (C=O) groups excluding carboxylic acids is 1. The van der Waals surface area contributed by atoms with Crippen molar-refractivity contribution < 1.29 is 9.18 Å². The van der Waals surface area contributed by atoms with E-state index in [1.54, 1.807) is 6.07 Å². The second-order valence-corrected chi connectivity index (χ2v) is 4.72. The minimum absolute atomic E-state index is 0.0181. The molecule has 1 aromatic rings. The number of benzene rings is 1. The molecule has 0 heterocycles. The van der Waals surface area contributed by atoms with E-state index in [2.05, 4.69) is 15.9 Å². The molecule has 0 aromatic heterocycles. The molecule has 0 bridgehead atoms. The van der Waals surface area contributed by atoms with Crippen LogP contribution in [0.3, 0.4) is 0 Å². The van der Waals surface area contributed by atoms with Crippen molar-refractivity contribution >= 4 is 44.3 Å². The molecule has 70 valence electrons. The molecule has 1 unspecified atom stereocenters. The first-order chi connectivity index (χ1) is 6.02. The van der Waals surface area contributed by atoms with Crippen LogP contribution in [0.1, 0.15) is 17.3 Å². The fourth-order valence-corrected chi connectivity index (χ4v) is 2.54. The van der Waals surface area contributed by atoms with Gasteiger partial charge < -0.3 is 0 Å². The molecule has 0 amide bonds. The van der Waals surface area contributed by atoms with Gasteiger partial charge in [0.15, 0.2) is 0 Å². The molecule has 0 aliphatic heterocycles. The minimum atomic E-state index is -0.333. The fraction of sp³-hybridized carbons (Fsp3) is 0.222. The Kier molecular flexibility index (Phi) is 3.85. The number of hydrogen-bond donors (Lipinski definition) is 0. The number of alkyl halides is 1. The molecule has 0 saturated heterocycles.